The number of thiazole rings is 1. The first-order valence-electron chi connectivity index (χ1n) is 5.70. The molecule has 2 heterocycles. The molecular formula is C13H10N2O3S2. The van der Waals surface area contributed by atoms with Crippen LogP contribution in [0, 0.1) is 0 Å². The Kier molecular flexibility index (Phi) is 3.37. The summed E-state index contributed by atoms with van der Waals surface area (Å²) < 4.78 is 7.23. The van der Waals surface area contributed by atoms with Gasteiger partial charge in [-0.3, -0.25) is 4.40 Å². The minimum absolute atomic E-state index is 0.0390. The average molecular weight is 306 g/mol. The maximum Gasteiger partial charge on any atom is 0.358 e. The Hall–Kier alpha value is -1.99. The van der Waals surface area contributed by atoms with Crippen LogP contribution in [0.1, 0.15) is 10.5 Å². The van der Waals surface area contributed by atoms with Crippen LogP contribution in [-0.2, 0) is 0 Å². The molecule has 0 aliphatic heterocycles. The van der Waals surface area contributed by atoms with Crippen LogP contribution in [0.25, 0.3) is 4.96 Å². The number of carboxylic acid groups (broad SMARTS) is 1. The fraction of sp³-hybridized carbons (Fsp3) is 0.0769. The second-order valence-corrected chi connectivity index (χ2v) is 5.60. The van der Waals surface area contributed by atoms with E-state index < -0.39 is 5.97 Å². The van der Waals surface area contributed by atoms with E-state index in [2.05, 4.69) is 4.98 Å². The lowest BCUT2D eigenvalue weighted by atomic mass is 10.3. The summed E-state index contributed by atoms with van der Waals surface area (Å²) in [5, 5.41) is 11.1. The number of ether oxygens (including phenoxy) is 1. The number of rotatable bonds is 4. The zero-order valence-corrected chi connectivity index (χ0v) is 12.1. The third-order valence-electron chi connectivity index (χ3n) is 2.71. The SMILES string of the molecule is CSc1ccccc1Oc1nc2sccn2c1C(=O)O. The highest BCUT2D eigenvalue weighted by Gasteiger charge is 2.22. The molecule has 5 nitrogen and oxygen atoms in total. The molecule has 0 fully saturated rings. The van der Waals surface area contributed by atoms with E-state index in [1.54, 1.807) is 17.6 Å². The molecular weight excluding hydrogens is 296 g/mol. The number of aromatic nitrogens is 2. The molecule has 2 aromatic heterocycles. The highest BCUT2D eigenvalue weighted by atomic mass is 32.2. The van der Waals surface area contributed by atoms with Gasteiger partial charge >= 0.3 is 5.97 Å². The fourth-order valence-corrected chi connectivity index (χ4v) is 3.07. The Balaban J connectivity index is 2.08. The number of thioether (sulfide) groups is 1. The highest BCUT2D eigenvalue weighted by molar-refractivity contribution is 7.98. The van der Waals surface area contributed by atoms with Crippen LogP contribution in [0.15, 0.2) is 40.7 Å². The number of carbonyl (C=O) groups is 1. The monoisotopic (exact) mass is 306 g/mol. The maximum atomic E-state index is 11.4. The van der Waals surface area contributed by atoms with E-state index in [1.165, 1.54) is 27.5 Å². The van der Waals surface area contributed by atoms with E-state index in [0.29, 0.717) is 10.7 Å². The van der Waals surface area contributed by atoms with Gasteiger partial charge in [0.15, 0.2) is 10.7 Å². The van der Waals surface area contributed by atoms with Crippen LogP contribution < -0.4 is 4.74 Å². The second-order valence-electron chi connectivity index (χ2n) is 3.88. The van der Waals surface area contributed by atoms with Crippen LogP contribution in [0.5, 0.6) is 11.6 Å². The van der Waals surface area contributed by atoms with Crippen LogP contribution >= 0.6 is 23.1 Å². The molecule has 0 amide bonds. The van der Waals surface area contributed by atoms with Crippen LogP contribution in [0.3, 0.4) is 0 Å². The van der Waals surface area contributed by atoms with E-state index in [9.17, 15) is 9.90 Å². The molecule has 7 heteroatoms. The summed E-state index contributed by atoms with van der Waals surface area (Å²) in [6.45, 7) is 0. The van der Waals surface area contributed by atoms with Crippen molar-refractivity contribution in [3.63, 3.8) is 0 Å². The molecule has 0 unspecified atom stereocenters. The van der Waals surface area contributed by atoms with Gasteiger partial charge in [0.05, 0.1) is 0 Å². The normalized spacial score (nSPS) is 10.8. The molecule has 20 heavy (non-hydrogen) atoms. The zero-order chi connectivity index (χ0) is 14.1. The van der Waals surface area contributed by atoms with Gasteiger partial charge in [-0.25, -0.2) is 4.79 Å². The Bertz CT molecular complexity index is 779. The minimum atomic E-state index is -1.06. The van der Waals surface area contributed by atoms with Gasteiger partial charge in [0.1, 0.15) is 5.75 Å². The first kappa shape index (κ1) is 13.0. The molecule has 0 aliphatic rings. The third kappa shape index (κ3) is 2.14. The molecule has 0 atom stereocenters. The van der Waals surface area contributed by atoms with Crippen molar-refractivity contribution in [3.05, 3.63) is 41.5 Å². The smallest absolute Gasteiger partial charge is 0.358 e. The summed E-state index contributed by atoms with van der Waals surface area (Å²) in [5.41, 5.74) is 0.0390. The molecule has 3 aromatic rings. The first-order chi connectivity index (χ1) is 9.70. The van der Waals surface area contributed by atoms with Crippen LogP contribution in [0.4, 0.5) is 0 Å². The molecule has 0 radical (unpaired) electrons. The fourth-order valence-electron chi connectivity index (χ4n) is 1.84. The summed E-state index contributed by atoms with van der Waals surface area (Å²) >= 11 is 2.90. The van der Waals surface area contributed by atoms with E-state index in [1.807, 2.05) is 24.5 Å². The summed E-state index contributed by atoms with van der Waals surface area (Å²) in [6.07, 6.45) is 3.61. The number of hydrogen-bond acceptors (Lipinski definition) is 5. The summed E-state index contributed by atoms with van der Waals surface area (Å²) in [4.78, 5) is 17.2. The van der Waals surface area contributed by atoms with Gasteiger partial charge < -0.3 is 9.84 Å². The van der Waals surface area contributed by atoms with Crippen molar-refractivity contribution < 1.29 is 14.6 Å². The van der Waals surface area contributed by atoms with Crippen LogP contribution in [0.2, 0.25) is 0 Å². The van der Waals surface area contributed by atoms with Crippen molar-refractivity contribution in [2.24, 2.45) is 0 Å². The number of aromatic carboxylic acids is 1. The number of fused-ring (bicyclic) bond motifs is 1. The Labute approximate surface area is 122 Å². The maximum absolute atomic E-state index is 11.4. The summed E-state index contributed by atoms with van der Waals surface area (Å²) in [7, 11) is 0. The highest BCUT2D eigenvalue weighted by Crippen LogP contribution is 2.33. The lowest BCUT2D eigenvalue weighted by Gasteiger charge is -2.07. The standard InChI is InChI=1S/C13H10N2O3S2/c1-19-9-5-3-2-4-8(9)18-11-10(12(16)17)15-6-7-20-13(15)14-11/h2-7H,1H3,(H,16,17). The van der Waals surface area contributed by atoms with Crippen molar-refractivity contribution in [1.82, 2.24) is 9.38 Å². The third-order valence-corrected chi connectivity index (χ3v) is 4.24. The van der Waals surface area contributed by atoms with E-state index in [-0.39, 0.29) is 11.6 Å². The molecule has 0 bridgehead atoms. The Morgan fingerprint density at radius 3 is 3.00 bits per heavy atom. The minimum Gasteiger partial charge on any atom is -0.476 e. The largest absolute Gasteiger partial charge is 0.476 e. The van der Waals surface area contributed by atoms with Gasteiger partial charge in [-0.1, -0.05) is 12.1 Å². The predicted octanol–water partition coefficient (Wildman–Crippen LogP) is 3.61. The molecule has 0 saturated carbocycles. The lowest BCUT2D eigenvalue weighted by molar-refractivity contribution is 0.0686. The molecule has 102 valence electrons. The van der Waals surface area contributed by atoms with Crippen molar-refractivity contribution in [1.29, 1.82) is 0 Å². The van der Waals surface area contributed by atoms with Crippen molar-refractivity contribution in [2.45, 2.75) is 4.90 Å². The number of para-hydroxylation sites is 1. The van der Waals surface area contributed by atoms with Gasteiger partial charge in [-0.15, -0.1) is 23.1 Å². The lowest BCUT2D eigenvalue weighted by Crippen LogP contribution is -2.02. The van der Waals surface area contributed by atoms with E-state index >= 15 is 0 Å². The van der Waals surface area contributed by atoms with Crippen molar-refractivity contribution in [2.75, 3.05) is 6.26 Å². The summed E-state index contributed by atoms with van der Waals surface area (Å²) in [6, 6.07) is 7.46. The predicted molar refractivity (Wildman–Crippen MR) is 78.3 cm³/mol. The van der Waals surface area contributed by atoms with Crippen molar-refractivity contribution >= 4 is 34.0 Å². The van der Waals surface area contributed by atoms with Crippen LogP contribution in [-0.4, -0.2) is 26.7 Å². The number of nitrogens with zero attached hydrogens (tertiary/aromatic N) is 2. The van der Waals surface area contributed by atoms with Gasteiger partial charge in [0.2, 0.25) is 0 Å². The van der Waals surface area contributed by atoms with Gasteiger partial charge in [0, 0.05) is 16.5 Å². The number of hydrogen-bond donors (Lipinski definition) is 1. The van der Waals surface area contributed by atoms with Gasteiger partial charge in [-0.05, 0) is 18.4 Å². The molecule has 1 aromatic carbocycles. The average Bonchev–Trinajstić information content (AvgIpc) is 2.99. The number of imidazole rings is 1. The van der Waals surface area contributed by atoms with Crippen molar-refractivity contribution in [3.8, 4) is 11.6 Å². The number of carboxylic acids is 1. The number of benzene rings is 1. The molecule has 0 aliphatic carbocycles. The Morgan fingerprint density at radius 1 is 1.45 bits per heavy atom. The second kappa shape index (κ2) is 5.18. The summed E-state index contributed by atoms with van der Waals surface area (Å²) in [5.74, 6) is -0.341. The molecule has 1 N–H and O–H groups in total. The van der Waals surface area contributed by atoms with Gasteiger partial charge in [-0.2, -0.15) is 4.98 Å². The Morgan fingerprint density at radius 2 is 2.25 bits per heavy atom. The van der Waals surface area contributed by atoms with Gasteiger partial charge in [0.25, 0.3) is 5.88 Å². The zero-order valence-electron chi connectivity index (χ0n) is 10.4. The molecule has 0 saturated heterocycles. The quantitative estimate of drug-likeness (QED) is 0.746. The van der Waals surface area contributed by atoms with E-state index in [0.717, 1.165) is 4.90 Å². The molecule has 0 spiro atoms. The van der Waals surface area contributed by atoms with E-state index in [4.69, 9.17) is 4.74 Å². The molecule has 3 rings (SSSR count). The first-order valence-corrected chi connectivity index (χ1v) is 7.81. The topological polar surface area (TPSA) is 63.8 Å².